The van der Waals surface area contributed by atoms with Crippen LogP contribution in [0, 0.1) is 11.3 Å². The average Bonchev–Trinajstić information content (AvgIpc) is 3.02. The summed E-state index contributed by atoms with van der Waals surface area (Å²) in [5.74, 6) is -0.151. The van der Waals surface area contributed by atoms with Crippen LogP contribution in [0.2, 0.25) is 0 Å². The van der Waals surface area contributed by atoms with Gasteiger partial charge in [-0.3, -0.25) is 14.4 Å². The molecule has 0 unspecified atom stereocenters. The molecule has 2 fully saturated rings. The van der Waals surface area contributed by atoms with Gasteiger partial charge in [-0.1, -0.05) is 46.5 Å². The number of hydrogen-bond donors (Lipinski definition) is 2. The number of rotatable bonds is 4. The van der Waals surface area contributed by atoms with Gasteiger partial charge in [-0.05, 0) is 49.9 Å². The lowest BCUT2D eigenvalue weighted by Gasteiger charge is -2.33. The van der Waals surface area contributed by atoms with Crippen molar-refractivity contribution in [3.63, 3.8) is 0 Å². The standard InChI is InChI=1S/C25H37N3O3/c1-25(2,3)24(31)27-21-14-12-18(13-15-21)23(30)28-16-8-9-19(17-28)22(29)26-20-10-6-4-5-7-11-20/h12-15,19-20H,4-11,16-17H2,1-3H3,(H,26,29)(H,27,31)/t19-/m1/s1. The van der Waals surface area contributed by atoms with Crippen molar-refractivity contribution in [2.75, 3.05) is 18.4 Å². The predicted octanol–water partition coefficient (Wildman–Crippen LogP) is 4.36. The van der Waals surface area contributed by atoms with Crippen molar-refractivity contribution in [3.8, 4) is 0 Å². The van der Waals surface area contributed by atoms with Crippen LogP contribution in [-0.2, 0) is 9.59 Å². The molecule has 170 valence electrons. The zero-order valence-corrected chi connectivity index (χ0v) is 19.2. The summed E-state index contributed by atoms with van der Waals surface area (Å²) in [6, 6.07) is 7.30. The number of amides is 3. The molecule has 0 spiro atoms. The van der Waals surface area contributed by atoms with Crippen molar-refractivity contribution < 1.29 is 14.4 Å². The van der Waals surface area contributed by atoms with E-state index in [-0.39, 0.29) is 29.7 Å². The first-order valence-electron chi connectivity index (χ1n) is 11.8. The second kappa shape index (κ2) is 10.3. The summed E-state index contributed by atoms with van der Waals surface area (Å²) in [5, 5.41) is 6.12. The lowest BCUT2D eigenvalue weighted by molar-refractivity contribution is -0.127. The molecule has 31 heavy (non-hydrogen) atoms. The van der Waals surface area contributed by atoms with Gasteiger partial charge in [0.15, 0.2) is 0 Å². The molecule has 2 aliphatic rings. The predicted molar refractivity (Wildman–Crippen MR) is 123 cm³/mol. The third-order valence-electron chi connectivity index (χ3n) is 6.35. The number of benzene rings is 1. The molecule has 1 aliphatic carbocycles. The number of likely N-dealkylation sites (tertiary alicyclic amines) is 1. The normalized spacial score (nSPS) is 20.6. The molecule has 6 nitrogen and oxygen atoms in total. The molecular weight excluding hydrogens is 390 g/mol. The number of piperidine rings is 1. The maximum absolute atomic E-state index is 13.0. The van der Waals surface area contributed by atoms with E-state index in [1.165, 1.54) is 25.7 Å². The molecule has 3 amide bonds. The molecule has 1 atom stereocenters. The highest BCUT2D eigenvalue weighted by atomic mass is 16.2. The Morgan fingerprint density at radius 2 is 1.55 bits per heavy atom. The smallest absolute Gasteiger partial charge is 0.253 e. The van der Waals surface area contributed by atoms with Crippen molar-refractivity contribution >= 4 is 23.4 Å². The highest BCUT2D eigenvalue weighted by Gasteiger charge is 2.30. The molecular formula is C25H37N3O3. The minimum atomic E-state index is -0.478. The lowest BCUT2D eigenvalue weighted by atomic mass is 9.95. The third kappa shape index (κ3) is 6.55. The fraction of sp³-hybridized carbons (Fsp3) is 0.640. The Labute approximate surface area is 186 Å². The number of carbonyl (C=O) groups is 3. The molecule has 1 saturated carbocycles. The molecule has 6 heteroatoms. The topological polar surface area (TPSA) is 78.5 Å². The number of anilines is 1. The zero-order valence-electron chi connectivity index (χ0n) is 19.2. The molecule has 1 aliphatic heterocycles. The summed E-state index contributed by atoms with van der Waals surface area (Å²) in [6.45, 7) is 6.73. The monoisotopic (exact) mass is 427 g/mol. The average molecular weight is 428 g/mol. The van der Waals surface area contributed by atoms with Gasteiger partial charge in [-0.25, -0.2) is 0 Å². The van der Waals surface area contributed by atoms with Gasteiger partial charge in [0, 0.05) is 35.8 Å². The summed E-state index contributed by atoms with van der Waals surface area (Å²) in [4.78, 5) is 39.8. The SMILES string of the molecule is CC(C)(C)C(=O)Nc1ccc(C(=O)N2CCC[C@@H](C(=O)NC3CCCCCC3)C2)cc1. The molecule has 0 bridgehead atoms. The fourth-order valence-corrected chi connectivity index (χ4v) is 4.32. The summed E-state index contributed by atoms with van der Waals surface area (Å²) in [7, 11) is 0. The molecule has 0 aromatic heterocycles. The van der Waals surface area contributed by atoms with Gasteiger partial charge < -0.3 is 15.5 Å². The van der Waals surface area contributed by atoms with Crippen molar-refractivity contribution in [3.05, 3.63) is 29.8 Å². The highest BCUT2D eigenvalue weighted by Crippen LogP contribution is 2.23. The Kier molecular flexibility index (Phi) is 7.74. The Morgan fingerprint density at radius 1 is 0.903 bits per heavy atom. The zero-order chi connectivity index (χ0) is 22.4. The van der Waals surface area contributed by atoms with Gasteiger partial charge in [0.2, 0.25) is 11.8 Å². The first-order chi connectivity index (χ1) is 14.7. The Hall–Kier alpha value is -2.37. The molecule has 1 heterocycles. The first kappa shape index (κ1) is 23.3. The molecule has 1 saturated heterocycles. The van der Waals surface area contributed by atoms with Gasteiger partial charge in [0.1, 0.15) is 0 Å². The van der Waals surface area contributed by atoms with Gasteiger partial charge in [0.05, 0.1) is 5.92 Å². The molecule has 1 aromatic rings. The number of hydrogen-bond acceptors (Lipinski definition) is 3. The Morgan fingerprint density at radius 3 is 2.16 bits per heavy atom. The van der Waals surface area contributed by atoms with E-state index in [0.717, 1.165) is 25.7 Å². The summed E-state index contributed by atoms with van der Waals surface area (Å²) in [5.41, 5.74) is 0.781. The summed E-state index contributed by atoms with van der Waals surface area (Å²) < 4.78 is 0. The van der Waals surface area contributed by atoms with E-state index < -0.39 is 5.41 Å². The lowest BCUT2D eigenvalue weighted by Crippen LogP contribution is -2.47. The van der Waals surface area contributed by atoms with E-state index in [9.17, 15) is 14.4 Å². The van der Waals surface area contributed by atoms with Crippen molar-refractivity contribution in [1.82, 2.24) is 10.2 Å². The van der Waals surface area contributed by atoms with Crippen LogP contribution in [0.5, 0.6) is 0 Å². The minimum Gasteiger partial charge on any atom is -0.353 e. The van der Waals surface area contributed by atoms with E-state index in [0.29, 0.717) is 24.3 Å². The Bertz CT molecular complexity index is 774. The van der Waals surface area contributed by atoms with Crippen LogP contribution in [0.15, 0.2) is 24.3 Å². The van der Waals surface area contributed by atoms with Crippen LogP contribution >= 0.6 is 0 Å². The fourth-order valence-electron chi connectivity index (χ4n) is 4.32. The highest BCUT2D eigenvalue weighted by molar-refractivity contribution is 5.97. The number of nitrogens with one attached hydrogen (secondary N) is 2. The molecule has 0 radical (unpaired) electrons. The summed E-state index contributed by atoms with van der Waals surface area (Å²) >= 11 is 0. The van der Waals surface area contributed by atoms with E-state index in [1.807, 2.05) is 20.8 Å². The molecule has 3 rings (SSSR count). The van der Waals surface area contributed by atoms with E-state index in [4.69, 9.17) is 0 Å². The minimum absolute atomic E-state index is 0.0549. The van der Waals surface area contributed by atoms with Crippen LogP contribution in [0.25, 0.3) is 0 Å². The van der Waals surface area contributed by atoms with Crippen LogP contribution in [0.3, 0.4) is 0 Å². The van der Waals surface area contributed by atoms with Gasteiger partial charge in [-0.2, -0.15) is 0 Å². The van der Waals surface area contributed by atoms with E-state index >= 15 is 0 Å². The van der Waals surface area contributed by atoms with Crippen LogP contribution in [0.1, 0.15) is 82.5 Å². The number of carbonyl (C=O) groups excluding carboxylic acids is 3. The van der Waals surface area contributed by atoms with E-state index in [2.05, 4.69) is 10.6 Å². The maximum atomic E-state index is 13.0. The third-order valence-corrected chi connectivity index (χ3v) is 6.35. The van der Waals surface area contributed by atoms with Crippen LogP contribution in [0.4, 0.5) is 5.69 Å². The van der Waals surface area contributed by atoms with Crippen molar-refractivity contribution in [2.24, 2.45) is 11.3 Å². The van der Waals surface area contributed by atoms with Crippen molar-refractivity contribution in [2.45, 2.75) is 78.2 Å². The number of nitrogens with zero attached hydrogens (tertiary/aromatic N) is 1. The van der Waals surface area contributed by atoms with E-state index in [1.54, 1.807) is 29.2 Å². The molecule has 2 N–H and O–H groups in total. The quantitative estimate of drug-likeness (QED) is 0.701. The van der Waals surface area contributed by atoms with Gasteiger partial charge >= 0.3 is 0 Å². The largest absolute Gasteiger partial charge is 0.353 e. The van der Waals surface area contributed by atoms with Crippen molar-refractivity contribution in [1.29, 1.82) is 0 Å². The first-order valence-corrected chi connectivity index (χ1v) is 11.8. The van der Waals surface area contributed by atoms with Gasteiger partial charge in [0.25, 0.3) is 5.91 Å². The molecule has 1 aromatic carbocycles. The Balaban J connectivity index is 1.56. The van der Waals surface area contributed by atoms with Crippen LogP contribution < -0.4 is 10.6 Å². The summed E-state index contributed by atoms with van der Waals surface area (Å²) in [6.07, 6.45) is 8.71. The van der Waals surface area contributed by atoms with Gasteiger partial charge in [-0.15, -0.1) is 0 Å². The maximum Gasteiger partial charge on any atom is 0.253 e. The second-order valence-corrected chi connectivity index (χ2v) is 10.1. The van der Waals surface area contributed by atoms with Crippen LogP contribution in [-0.4, -0.2) is 41.8 Å². The second-order valence-electron chi connectivity index (χ2n) is 10.1.